The van der Waals surface area contributed by atoms with Gasteiger partial charge in [0.25, 0.3) is 0 Å². The van der Waals surface area contributed by atoms with Crippen molar-refractivity contribution >= 4 is 23.6 Å². The SMILES string of the molecule is N#CC(=Cc1ccc(OCc2c(F)cccc2Cl)cc1)C(=O)O. The summed E-state index contributed by atoms with van der Waals surface area (Å²) in [6.07, 6.45) is 1.25. The first-order valence-electron chi connectivity index (χ1n) is 6.52. The van der Waals surface area contributed by atoms with E-state index in [4.69, 9.17) is 26.7 Å². The van der Waals surface area contributed by atoms with Crippen molar-refractivity contribution in [2.75, 3.05) is 0 Å². The summed E-state index contributed by atoms with van der Waals surface area (Å²) in [5, 5.41) is 17.8. The first kappa shape index (κ1) is 16.5. The van der Waals surface area contributed by atoms with Crippen LogP contribution >= 0.6 is 11.6 Å². The molecule has 0 spiro atoms. The molecule has 116 valence electrons. The predicted octanol–water partition coefficient (Wildman–Crippen LogP) is 4.05. The van der Waals surface area contributed by atoms with Crippen LogP contribution in [0.15, 0.2) is 48.0 Å². The quantitative estimate of drug-likeness (QED) is 0.662. The molecule has 0 heterocycles. The lowest BCUT2D eigenvalue weighted by Crippen LogP contribution is -1.99. The van der Waals surface area contributed by atoms with E-state index in [1.165, 1.54) is 18.2 Å². The summed E-state index contributed by atoms with van der Waals surface area (Å²) in [5.41, 5.74) is 0.438. The summed E-state index contributed by atoms with van der Waals surface area (Å²) in [6, 6.07) is 12.4. The standard InChI is InChI=1S/C17H11ClFNO3/c18-15-2-1-3-16(19)14(15)10-23-13-6-4-11(5-7-13)8-12(9-20)17(21)22/h1-8H,10H2,(H,21,22). The number of aliphatic carboxylic acids is 1. The number of carbonyl (C=O) groups is 1. The third-order valence-electron chi connectivity index (χ3n) is 2.99. The zero-order valence-corrected chi connectivity index (χ0v) is 12.5. The maximum Gasteiger partial charge on any atom is 0.346 e. The molecule has 2 aromatic rings. The third kappa shape index (κ3) is 4.31. The number of carboxylic acid groups (broad SMARTS) is 1. The van der Waals surface area contributed by atoms with Crippen LogP contribution in [-0.4, -0.2) is 11.1 Å². The van der Waals surface area contributed by atoms with Gasteiger partial charge in [0.1, 0.15) is 29.8 Å². The molecule has 6 heteroatoms. The maximum atomic E-state index is 13.6. The van der Waals surface area contributed by atoms with E-state index in [1.54, 1.807) is 36.4 Å². The van der Waals surface area contributed by atoms with Gasteiger partial charge in [-0.05, 0) is 35.9 Å². The van der Waals surface area contributed by atoms with Crippen molar-refractivity contribution in [1.29, 1.82) is 5.26 Å². The average molecular weight is 332 g/mol. The van der Waals surface area contributed by atoms with Crippen molar-refractivity contribution in [1.82, 2.24) is 0 Å². The number of hydrogen-bond donors (Lipinski definition) is 1. The molecule has 0 aromatic heterocycles. The third-order valence-corrected chi connectivity index (χ3v) is 3.34. The van der Waals surface area contributed by atoms with Gasteiger partial charge in [0.05, 0.1) is 5.02 Å². The predicted molar refractivity (Wildman–Crippen MR) is 83.4 cm³/mol. The van der Waals surface area contributed by atoms with Crippen molar-refractivity contribution < 1.29 is 19.0 Å². The normalized spacial score (nSPS) is 10.9. The second-order valence-corrected chi connectivity index (χ2v) is 4.94. The Morgan fingerprint density at radius 2 is 2.00 bits per heavy atom. The number of halogens is 2. The lowest BCUT2D eigenvalue weighted by Gasteiger charge is -2.09. The molecule has 0 radical (unpaired) electrons. The van der Waals surface area contributed by atoms with Gasteiger partial charge in [-0.1, -0.05) is 29.8 Å². The van der Waals surface area contributed by atoms with E-state index in [9.17, 15) is 9.18 Å². The number of benzene rings is 2. The molecule has 0 aliphatic carbocycles. The van der Waals surface area contributed by atoms with Crippen molar-refractivity contribution in [3.8, 4) is 11.8 Å². The van der Waals surface area contributed by atoms with Crippen LogP contribution in [0.2, 0.25) is 5.02 Å². The fraction of sp³-hybridized carbons (Fsp3) is 0.0588. The second-order valence-electron chi connectivity index (χ2n) is 4.53. The highest BCUT2D eigenvalue weighted by molar-refractivity contribution is 6.31. The number of nitrogens with zero attached hydrogens (tertiary/aromatic N) is 1. The van der Waals surface area contributed by atoms with Gasteiger partial charge in [-0.15, -0.1) is 0 Å². The summed E-state index contributed by atoms with van der Waals surface area (Å²) in [5.74, 6) is -1.27. The van der Waals surface area contributed by atoms with Crippen LogP contribution in [-0.2, 0) is 11.4 Å². The van der Waals surface area contributed by atoms with Gasteiger partial charge >= 0.3 is 5.97 Å². The monoisotopic (exact) mass is 331 g/mol. The molecule has 2 rings (SSSR count). The molecule has 0 atom stereocenters. The molecule has 2 aromatic carbocycles. The van der Waals surface area contributed by atoms with Crippen molar-refractivity contribution in [2.24, 2.45) is 0 Å². The van der Waals surface area contributed by atoms with Gasteiger partial charge in [-0.25, -0.2) is 9.18 Å². The van der Waals surface area contributed by atoms with E-state index < -0.39 is 11.8 Å². The van der Waals surface area contributed by atoms with Crippen LogP contribution in [0.1, 0.15) is 11.1 Å². The number of ether oxygens (including phenoxy) is 1. The van der Waals surface area contributed by atoms with E-state index in [-0.39, 0.29) is 22.8 Å². The lowest BCUT2D eigenvalue weighted by atomic mass is 10.1. The zero-order chi connectivity index (χ0) is 16.8. The summed E-state index contributed by atoms with van der Waals surface area (Å²) in [7, 11) is 0. The van der Waals surface area contributed by atoms with Crippen LogP contribution in [0.3, 0.4) is 0 Å². The van der Waals surface area contributed by atoms with E-state index >= 15 is 0 Å². The molecular formula is C17H11ClFNO3. The van der Waals surface area contributed by atoms with Gasteiger partial charge in [0, 0.05) is 5.56 Å². The molecule has 0 unspecified atom stereocenters. The number of nitriles is 1. The molecule has 0 saturated heterocycles. The second kappa shape index (κ2) is 7.43. The van der Waals surface area contributed by atoms with Crippen LogP contribution < -0.4 is 4.74 Å². The molecule has 1 N–H and O–H groups in total. The fourth-order valence-corrected chi connectivity index (χ4v) is 2.01. The zero-order valence-electron chi connectivity index (χ0n) is 11.8. The Bertz CT molecular complexity index is 774. The van der Waals surface area contributed by atoms with E-state index in [2.05, 4.69) is 0 Å². The lowest BCUT2D eigenvalue weighted by molar-refractivity contribution is -0.132. The Labute approximate surface area is 137 Å². The number of carboxylic acids is 1. The Hall–Kier alpha value is -2.84. The van der Waals surface area contributed by atoms with Crippen molar-refractivity contribution in [3.63, 3.8) is 0 Å². The van der Waals surface area contributed by atoms with E-state index in [0.29, 0.717) is 11.3 Å². The van der Waals surface area contributed by atoms with Gasteiger partial charge in [-0.2, -0.15) is 5.26 Å². The van der Waals surface area contributed by atoms with Crippen LogP contribution in [0.4, 0.5) is 4.39 Å². The van der Waals surface area contributed by atoms with Crippen molar-refractivity contribution in [3.05, 3.63) is 70.0 Å². The Morgan fingerprint density at radius 3 is 2.57 bits per heavy atom. The van der Waals surface area contributed by atoms with E-state index in [0.717, 1.165) is 0 Å². The molecule has 23 heavy (non-hydrogen) atoms. The van der Waals surface area contributed by atoms with E-state index in [1.807, 2.05) is 0 Å². The minimum absolute atomic E-state index is 0.0285. The molecule has 0 amide bonds. The van der Waals surface area contributed by atoms with Crippen molar-refractivity contribution in [2.45, 2.75) is 6.61 Å². The number of hydrogen-bond acceptors (Lipinski definition) is 3. The minimum Gasteiger partial charge on any atom is -0.489 e. The summed E-state index contributed by atoms with van der Waals surface area (Å²) >= 11 is 5.91. The van der Waals surface area contributed by atoms with Gasteiger partial charge in [-0.3, -0.25) is 0 Å². The van der Waals surface area contributed by atoms with Gasteiger partial charge in [0.2, 0.25) is 0 Å². The minimum atomic E-state index is -1.29. The highest BCUT2D eigenvalue weighted by atomic mass is 35.5. The topological polar surface area (TPSA) is 70.3 Å². The molecule has 0 aliphatic rings. The number of rotatable bonds is 5. The first-order chi connectivity index (χ1) is 11.0. The van der Waals surface area contributed by atoms with Gasteiger partial charge < -0.3 is 9.84 Å². The highest BCUT2D eigenvalue weighted by Crippen LogP contribution is 2.22. The summed E-state index contributed by atoms with van der Waals surface area (Å²) in [4.78, 5) is 10.8. The molecule has 0 bridgehead atoms. The molecular weight excluding hydrogens is 321 g/mol. The Morgan fingerprint density at radius 1 is 1.30 bits per heavy atom. The summed E-state index contributed by atoms with van der Waals surface area (Å²) in [6.45, 7) is -0.0285. The fourth-order valence-electron chi connectivity index (χ4n) is 1.79. The summed E-state index contributed by atoms with van der Waals surface area (Å²) < 4.78 is 19.1. The smallest absolute Gasteiger partial charge is 0.346 e. The Kier molecular flexibility index (Phi) is 5.34. The average Bonchev–Trinajstić information content (AvgIpc) is 2.53. The highest BCUT2D eigenvalue weighted by Gasteiger charge is 2.08. The molecule has 0 aliphatic heterocycles. The maximum absolute atomic E-state index is 13.6. The van der Waals surface area contributed by atoms with Gasteiger partial charge in [0.15, 0.2) is 0 Å². The first-order valence-corrected chi connectivity index (χ1v) is 6.90. The van der Waals surface area contributed by atoms with Crippen LogP contribution in [0.25, 0.3) is 6.08 Å². The van der Waals surface area contributed by atoms with Crippen LogP contribution in [0, 0.1) is 17.1 Å². The largest absolute Gasteiger partial charge is 0.489 e. The molecule has 4 nitrogen and oxygen atoms in total. The van der Waals surface area contributed by atoms with Crippen LogP contribution in [0.5, 0.6) is 5.75 Å². The molecule has 0 fully saturated rings. The Balaban J connectivity index is 2.09. The molecule has 0 saturated carbocycles.